The van der Waals surface area contributed by atoms with Crippen LogP contribution in [0, 0.1) is 11.3 Å². The lowest BCUT2D eigenvalue weighted by molar-refractivity contribution is -0.125. The van der Waals surface area contributed by atoms with E-state index in [0.29, 0.717) is 16.6 Å². The second-order valence-electron chi connectivity index (χ2n) is 8.86. The van der Waals surface area contributed by atoms with Crippen molar-refractivity contribution in [2.45, 2.75) is 47.0 Å². The van der Waals surface area contributed by atoms with Gasteiger partial charge in [0.15, 0.2) is 5.78 Å². The molecule has 0 aliphatic heterocycles. The summed E-state index contributed by atoms with van der Waals surface area (Å²) < 4.78 is 0. The molecule has 0 saturated carbocycles. The van der Waals surface area contributed by atoms with E-state index in [0.717, 1.165) is 23.1 Å². The molecule has 0 radical (unpaired) electrons. The van der Waals surface area contributed by atoms with Crippen molar-refractivity contribution in [3.63, 3.8) is 0 Å². The highest BCUT2D eigenvalue weighted by Gasteiger charge is 2.38. The third-order valence-corrected chi connectivity index (χ3v) is 6.27. The van der Waals surface area contributed by atoms with Crippen LogP contribution in [-0.2, 0) is 4.79 Å². The van der Waals surface area contributed by atoms with Gasteiger partial charge in [0.05, 0.1) is 5.41 Å². The fraction of sp³-hybridized carbons (Fsp3) is 0.360. The van der Waals surface area contributed by atoms with Crippen LogP contribution in [0.15, 0.2) is 54.0 Å². The van der Waals surface area contributed by atoms with E-state index in [1.807, 2.05) is 38.1 Å². The highest BCUT2D eigenvalue weighted by atomic mass is 32.1. The first-order valence-electron chi connectivity index (χ1n) is 10.5. The Hall–Kier alpha value is -2.86. The zero-order valence-corrected chi connectivity index (χ0v) is 19.5. The Morgan fingerprint density at radius 3 is 2.35 bits per heavy atom. The van der Waals surface area contributed by atoms with Crippen LogP contribution in [0.3, 0.4) is 0 Å². The topological polar surface area (TPSA) is 72.0 Å². The minimum absolute atomic E-state index is 0.0398. The van der Waals surface area contributed by atoms with Crippen molar-refractivity contribution in [1.82, 2.24) is 10.2 Å². The lowest BCUT2D eigenvalue weighted by atomic mass is 9.70. The molecular weight excluding hydrogens is 406 g/mol. The number of amides is 1. The number of benzene rings is 2. The molecule has 1 unspecified atom stereocenters. The van der Waals surface area contributed by atoms with E-state index in [1.165, 1.54) is 11.3 Å². The highest BCUT2D eigenvalue weighted by molar-refractivity contribution is 7.13. The van der Waals surface area contributed by atoms with Crippen LogP contribution in [-0.4, -0.2) is 21.9 Å². The first-order chi connectivity index (χ1) is 14.7. The molecule has 0 bridgehead atoms. The number of carbonyl (C=O) groups excluding carboxylic acids is 2. The number of anilines is 1. The summed E-state index contributed by atoms with van der Waals surface area (Å²) in [6, 6.07) is 16.0. The van der Waals surface area contributed by atoms with E-state index in [4.69, 9.17) is 0 Å². The zero-order valence-electron chi connectivity index (χ0n) is 18.7. The normalized spacial score (nSPS) is 12.6. The third kappa shape index (κ3) is 5.44. The minimum Gasteiger partial charge on any atom is -0.300 e. The Balaban J connectivity index is 1.89. The summed E-state index contributed by atoms with van der Waals surface area (Å²) in [4.78, 5) is 24.8. The molecule has 3 aromatic rings. The second-order valence-corrected chi connectivity index (χ2v) is 9.69. The number of aromatic nitrogens is 2. The summed E-state index contributed by atoms with van der Waals surface area (Å²) in [5.41, 5.74) is 4.85. The van der Waals surface area contributed by atoms with Gasteiger partial charge in [-0.1, -0.05) is 81.5 Å². The fourth-order valence-corrected chi connectivity index (χ4v) is 4.23. The molecule has 0 aliphatic carbocycles. The predicted octanol–water partition coefficient (Wildman–Crippen LogP) is 6.20. The van der Waals surface area contributed by atoms with E-state index < -0.39 is 5.41 Å². The van der Waals surface area contributed by atoms with Crippen molar-refractivity contribution in [3.8, 4) is 11.1 Å². The van der Waals surface area contributed by atoms with Gasteiger partial charge in [0, 0.05) is 5.56 Å². The average molecular weight is 436 g/mol. The van der Waals surface area contributed by atoms with E-state index in [9.17, 15) is 9.59 Å². The summed E-state index contributed by atoms with van der Waals surface area (Å²) in [6.07, 6.45) is 0.885. The van der Waals surface area contributed by atoms with Crippen molar-refractivity contribution in [2.75, 3.05) is 5.32 Å². The molecule has 3 rings (SSSR count). The van der Waals surface area contributed by atoms with Crippen molar-refractivity contribution in [1.29, 1.82) is 0 Å². The number of rotatable bonds is 8. The molecule has 6 heteroatoms. The first-order valence-corrected chi connectivity index (χ1v) is 11.4. The van der Waals surface area contributed by atoms with Crippen LogP contribution in [0.2, 0.25) is 0 Å². The molecule has 1 amide bonds. The van der Waals surface area contributed by atoms with E-state index in [2.05, 4.69) is 53.6 Å². The molecule has 0 aliphatic rings. The molecule has 1 N–H and O–H groups in total. The molecule has 0 saturated heterocycles. The van der Waals surface area contributed by atoms with Crippen LogP contribution >= 0.6 is 11.3 Å². The number of nitrogens with one attached hydrogen (secondary N) is 1. The Morgan fingerprint density at radius 2 is 1.77 bits per heavy atom. The lowest BCUT2D eigenvalue weighted by Gasteiger charge is -2.34. The number of nitrogens with zero attached hydrogens (tertiary/aromatic N) is 2. The lowest BCUT2D eigenvalue weighted by Crippen LogP contribution is -2.37. The van der Waals surface area contributed by atoms with Gasteiger partial charge in [-0.2, -0.15) is 0 Å². The molecule has 162 valence electrons. The standard InChI is InChI=1S/C25H29N3O2S/c1-16(2)13-22(25(4,5)23(30)27-24-28-26-15-31-24)19-11-9-18(10-12-19)21-8-6-7-20(14-21)17(3)29/h6-12,14-16,22H,13H2,1-5H3,(H,27,28,30). The van der Waals surface area contributed by atoms with Crippen molar-refractivity contribution in [2.24, 2.45) is 11.3 Å². The van der Waals surface area contributed by atoms with E-state index in [-0.39, 0.29) is 17.6 Å². The zero-order chi connectivity index (χ0) is 22.6. The number of hydrogen-bond donors (Lipinski definition) is 1. The molecule has 5 nitrogen and oxygen atoms in total. The molecule has 1 aromatic heterocycles. The van der Waals surface area contributed by atoms with Crippen molar-refractivity contribution < 1.29 is 9.59 Å². The minimum atomic E-state index is -0.633. The van der Waals surface area contributed by atoms with Gasteiger partial charge >= 0.3 is 0 Å². The van der Waals surface area contributed by atoms with Crippen LogP contribution in [0.4, 0.5) is 5.13 Å². The maximum Gasteiger partial charge on any atom is 0.232 e. The first kappa shape index (κ1) is 22.8. The number of Topliss-reactive ketones (excluding diaryl/α,β-unsaturated/α-hetero) is 1. The summed E-state index contributed by atoms with van der Waals surface area (Å²) in [5, 5.41) is 11.2. The van der Waals surface area contributed by atoms with Gasteiger partial charge in [-0.05, 0) is 47.9 Å². The van der Waals surface area contributed by atoms with Crippen LogP contribution in [0.5, 0.6) is 0 Å². The third-order valence-electron chi connectivity index (χ3n) is 5.66. The molecule has 2 aromatic carbocycles. The number of hydrogen-bond acceptors (Lipinski definition) is 5. The van der Waals surface area contributed by atoms with Crippen molar-refractivity contribution >= 4 is 28.2 Å². The smallest absolute Gasteiger partial charge is 0.232 e. The summed E-state index contributed by atoms with van der Waals surface area (Å²) in [6.45, 7) is 9.90. The van der Waals surface area contributed by atoms with Crippen LogP contribution < -0.4 is 5.32 Å². The Labute approximate surface area is 187 Å². The van der Waals surface area contributed by atoms with Gasteiger partial charge in [0.25, 0.3) is 0 Å². The second kappa shape index (κ2) is 9.52. The summed E-state index contributed by atoms with van der Waals surface area (Å²) >= 11 is 1.31. The summed E-state index contributed by atoms with van der Waals surface area (Å²) in [5.74, 6) is 0.468. The monoisotopic (exact) mass is 435 g/mol. The molecule has 1 atom stereocenters. The number of carbonyl (C=O) groups is 2. The quantitative estimate of drug-likeness (QED) is 0.427. The average Bonchev–Trinajstić information content (AvgIpc) is 3.25. The molecule has 31 heavy (non-hydrogen) atoms. The van der Waals surface area contributed by atoms with Gasteiger partial charge in [-0.3, -0.25) is 9.59 Å². The maximum absolute atomic E-state index is 13.1. The van der Waals surface area contributed by atoms with Crippen LogP contribution in [0.25, 0.3) is 11.1 Å². The largest absolute Gasteiger partial charge is 0.300 e. The SMILES string of the molecule is CC(=O)c1cccc(-c2ccc(C(CC(C)C)C(C)(C)C(=O)Nc3nncs3)cc2)c1. The van der Waals surface area contributed by atoms with E-state index in [1.54, 1.807) is 12.4 Å². The van der Waals surface area contributed by atoms with Gasteiger partial charge < -0.3 is 5.32 Å². The van der Waals surface area contributed by atoms with Crippen LogP contribution in [0.1, 0.15) is 62.9 Å². The van der Waals surface area contributed by atoms with Crippen molar-refractivity contribution in [3.05, 3.63) is 65.2 Å². The fourth-order valence-electron chi connectivity index (χ4n) is 3.79. The van der Waals surface area contributed by atoms with E-state index >= 15 is 0 Å². The van der Waals surface area contributed by atoms with Gasteiger partial charge in [-0.15, -0.1) is 10.2 Å². The molecular formula is C25H29N3O2S. The predicted molar refractivity (Wildman–Crippen MR) is 126 cm³/mol. The Kier molecular flexibility index (Phi) is 7.01. The highest BCUT2D eigenvalue weighted by Crippen LogP contribution is 2.41. The molecule has 0 spiro atoms. The number of ketones is 1. The van der Waals surface area contributed by atoms with Gasteiger partial charge in [0.1, 0.15) is 5.51 Å². The summed E-state index contributed by atoms with van der Waals surface area (Å²) in [7, 11) is 0. The van der Waals surface area contributed by atoms with Gasteiger partial charge in [0.2, 0.25) is 11.0 Å². The Bertz CT molecular complexity index is 1040. The molecule has 0 fully saturated rings. The van der Waals surface area contributed by atoms with Gasteiger partial charge in [-0.25, -0.2) is 0 Å². The molecule has 1 heterocycles. The maximum atomic E-state index is 13.1. The Morgan fingerprint density at radius 1 is 1.06 bits per heavy atom.